The summed E-state index contributed by atoms with van der Waals surface area (Å²) >= 11 is 1.35. The number of hydrogen-bond acceptors (Lipinski definition) is 6. The third-order valence-corrected chi connectivity index (χ3v) is 5.71. The first-order chi connectivity index (χ1) is 14.0. The Bertz CT molecular complexity index is 1260. The standard InChI is InChI=1S/C22H18N2O4S/c1-12-17(10-13-9-16(27-2)5-6-18(13)23-12)21(25)24-15-4-7-19-14(8-15)11-20(29-19)22(26)28-3/h4-11H,1-3H3,(H,24,25). The van der Waals surface area contributed by atoms with Crippen LogP contribution in [0.25, 0.3) is 21.0 Å². The van der Waals surface area contributed by atoms with Gasteiger partial charge in [-0.3, -0.25) is 9.78 Å². The summed E-state index contributed by atoms with van der Waals surface area (Å²) in [7, 11) is 2.95. The number of pyridine rings is 1. The van der Waals surface area contributed by atoms with E-state index in [-0.39, 0.29) is 11.9 Å². The number of hydrogen-bond donors (Lipinski definition) is 1. The molecular weight excluding hydrogens is 388 g/mol. The van der Waals surface area contributed by atoms with Crippen molar-refractivity contribution in [2.24, 2.45) is 0 Å². The van der Waals surface area contributed by atoms with Gasteiger partial charge in [-0.15, -0.1) is 11.3 Å². The van der Waals surface area contributed by atoms with Crippen molar-refractivity contribution in [3.05, 3.63) is 64.7 Å². The molecule has 29 heavy (non-hydrogen) atoms. The van der Waals surface area contributed by atoms with Crippen molar-refractivity contribution in [1.29, 1.82) is 0 Å². The number of methoxy groups -OCH3 is 2. The largest absolute Gasteiger partial charge is 0.497 e. The van der Waals surface area contributed by atoms with Crippen molar-refractivity contribution in [3.8, 4) is 5.75 Å². The fraction of sp³-hybridized carbons (Fsp3) is 0.136. The van der Waals surface area contributed by atoms with Crippen LogP contribution in [0.2, 0.25) is 0 Å². The number of esters is 1. The van der Waals surface area contributed by atoms with E-state index in [1.54, 1.807) is 13.2 Å². The Morgan fingerprint density at radius 2 is 1.83 bits per heavy atom. The molecule has 1 N–H and O–H groups in total. The molecule has 0 radical (unpaired) electrons. The number of ether oxygens (including phenoxy) is 2. The molecule has 0 bridgehead atoms. The zero-order valence-electron chi connectivity index (χ0n) is 16.1. The number of benzene rings is 2. The van der Waals surface area contributed by atoms with Gasteiger partial charge in [0.15, 0.2) is 0 Å². The quantitative estimate of drug-likeness (QED) is 0.492. The molecule has 4 rings (SSSR count). The normalized spacial score (nSPS) is 10.9. The van der Waals surface area contributed by atoms with Crippen LogP contribution in [0, 0.1) is 6.92 Å². The number of carbonyl (C=O) groups is 2. The van der Waals surface area contributed by atoms with E-state index in [0.29, 0.717) is 27.6 Å². The molecule has 6 nitrogen and oxygen atoms in total. The molecule has 4 aromatic rings. The molecule has 0 unspecified atom stereocenters. The van der Waals surface area contributed by atoms with Crippen LogP contribution >= 0.6 is 11.3 Å². The van der Waals surface area contributed by atoms with Crippen LogP contribution in [0.15, 0.2) is 48.5 Å². The topological polar surface area (TPSA) is 77.5 Å². The maximum absolute atomic E-state index is 12.9. The van der Waals surface area contributed by atoms with Gasteiger partial charge in [-0.2, -0.15) is 0 Å². The minimum Gasteiger partial charge on any atom is -0.497 e. The van der Waals surface area contributed by atoms with E-state index in [9.17, 15) is 9.59 Å². The van der Waals surface area contributed by atoms with Crippen molar-refractivity contribution in [3.63, 3.8) is 0 Å². The van der Waals surface area contributed by atoms with E-state index < -0.39 is 0 Å². The second-order valence-corrected chi connectivity index (χ2v) is 7.57. The lowest BCUT2D eigenvalue weighted by Gasteiger charge is -2.10. The summed E-state index contributed by atoms with van der Waals surface area (Å²) < 4.78 is 11.0. The third-order valence-electron chi connectivity index (χ3n) is 4.62. The van der Waals surface area contributed by atoms with E-state index >= 15 is 0 Å². The summed E-state index contributed by atoms with van der Waals surface area (Å²) in [5, 5.41) is 4.61. The van der Waals surface area contributed by atoms with Crippen LogP contribution in [0.1, 0.15) is 25.7 Å². The fourth-order valence-corrected chi connectivity index (χ4v) is 4.09. The Morgan fingerprint density at radius 1 is 1.00 bits per heavy atom. The minimum atomic E-state index is -0.370. The lowest BCUT2D eigenvalue weighted by atomic mass is 10.1. The molecule has 2 heterocycles. The highest BCUT2D eigenvalue weighted by Gasteiger charge is 2.14. The van der Waals surface area contributed by atoms with Crippen LogP contribution in [0.4, 0.5) is 5.69 Å². The van der Waals surface area contributed by atoms with Crippen molar-refractivity contribution < 1.29 is 19.1 Å². The number of aromatic nitrogens is 1. The SMILES string of the molecule is COC(=O)c1cc2cc(NC(=O)c3cc4cc(OC)ccc4nc3C)ccc2s1. The van der Waals surface area contributed by atoms with Crippen LogP contribution < -0.4 is 10.1 Å². The number of thiophene rings is 1. The molecule has 2 aromatic heterocycles. The molecule has 0 fully saturated rings. The number of amides is 1. The summed E-state index contributed by atoms with van der Waals surface area (Å²) in [5.41, 5.74) is 2.58. The highest BCUT2D eigenvalue weighted by atomic mass is 32.1. The van der Waals surface area contributed by atoms with Crippen LogP contribution in [-0.4, -0.2) is 31.1 Å². The van der Waals surface area contributed by atoms with Gasteiger partial charge >= 0.3 is 5.97 Å². The molecule has 1 amide bonds. The van der Waals surface area contributed by atoms with Gasteiger partial charge in [-0.05, 0) is 60.8 Å². The second-order valence-electron chi connectivity index (χ2n) is 6.49. The van der Waals surface area contributed by atoms with E-state index in [1.807, 2.05) is 49.4 Å². The highest BCUT2D eigenvalue weighted by molar-refractivity contribution is 7.20. The van der Waals surface area contributed by atoms with E-state index in [4.69, 9.17) is 9.47 Å². The van der Waals surface area contributed by atoms with Crippen molar-refractivity contribution in [2.45, 2.75) is 6.92 Å². The molecule has 7 heteroatoms. The molecule has 0 atom stereocenters. The van der Waals surface area contributed by atoms with Gasteiger partial charge in [0.05, 0.1) is 31.0 Å². The molecule has 0 spiro atoms. The fourth-order valence-electron chi connectivity index (χ4n) is 3.13. The van der Waals surface area contributed by atoms with Crippen LogP contribution in [-0.2, 0) is 4.74 Å². The molecular formula is C22H18N2O4S. The molecule has 0 aliphatic carbocycles. The smallest absolute Gasteiger partial charge is 0.348 e. The maximum Gasteiger partial charge on any atom is 0.348 e. The first-order valence-corrected chi connectivity index (χ1v) is 9.69. The molecule has 2 aromatic carbocycles. The van der Waals surface area contributed by atoms with Gasteiger partial charge in [-0.25, -0.2) is 4.79 Å². The number of anilines is 1. The van der Waals surface area contributed by atoms with Crippen molar-refractivity contribution in [2.75, 3.05) is 19.5 Å². The molecule has 0 aliphatic heterocycles. The van der Waals surface area contributed by atoms with Crippen LogP contribution in [0.3, 0.4) is 0 Å². The van der Waals surface area contributed by atoms with Gasteiger partial charge in [0.1, 0.15) is 10.6 Å². The second kappa shape index (κ2) is 7.52. The highest BCUT2D eigenvalue weighted by Crippen LogP contribution is 2.29. The molecule has 0 saturated carbocycles. The van der Waals surface area contributed by atoms with Gasteiger partial charge in [0.25, 0.3) is 5.91 Å². The van der Waals surface area contributed by atoms with Crippen molar-refractivity contribution in [1.82, 2.24) is 4.98 Å². The zero-order valence-corrected chi connectivity index (χ0v) is 16.9. The lowest BCUT2D eigenvalue weighted by molar-refractivity contribution is 0.0606. The number of carbonyl (C=O) groups excluding carboxylic acids is 2. The first-order valence-electron chi connectivity index (χ1n) is 8.87. The van der Waals surface area contributed by atoms with Crippen LogP contribution in [0.5, 0.6) is 5.75 Å². The average molecular weight is 406 g/mol. The van der Waals surface area contributed by atoms with E-state index in [2.05, 4.69) is 10.3 Å². The monoisotopic (exact) mass is 406 g/mol. The van der Waals surface area contributed by atoms with E-state index in [1.165, 1.54) is 18.4 Å². The summed E-state index contributed by atoms with van der Waals surface area (Å²) in [6.07, 6.45) is 0. The number of fused-ring (bicyclic) bond motifs is 2. The Morgan fingerprint density at radius 3 is 2.59 bits per heavy atom. The summed E-state index contributed by atoms with van der Waals surface area (Å²) in [6, 6.07) is 14.7. The predicted molar refractivity (Wildman–Crippen MR) is 114 cm³/mol. The average Bonchev–Trinajstić information content (AvgIpc) is 3.15. The molecule has 146 valence electrons. The predicted octanol–water partition coefficient (Wildman–Crippen LogP) is 4.81. The van der Waals surface area contributed by atoms with Gasteiger partial charge in [0, 0.05) is 15.8 Å². The number of rotatable bonds is 4. The Balaban J connectivity index is 1.64. The summed E-state index contributed by atoms with van der Waals surface area (Å²) in [4.78, 5) is 29.7. The number of aryl methyl sites for hydroxylation is 1. The van der Waals surface area contributed by atoms with Gasteiger partial charge in [0.2, 0.25) is 0 Å². The van der Waals surface area contributed by atoms with E-state index in [0.717, 1.165) is 21.0 Å². The minimum absolute atomic E-state index is 0.248. The van der Waals surface area contributed by atoms with Gasteiger partial charge in [-0.1, -0.05) is 0 Å². The Kier molecular flexibility index (Phi) is 4.90. The Hall–Kier alpha value is -3.45. The third kappa shape index (κ3) is 3.64. The summed E-state index contributed by atoms with van der Waals surface area (Å²) in [5.74, 6) is 0.0893. The number of nitrogens with one attached hydrogen (secondary N) is 1. The molecule has 0 aliphatic rings. The first kappa shape index (κ1) is 18.9. The maximum atomic E-state index is 12.9. The summed E-state index contributed by atoms with van der Waals surface area (Å²) in [6.45, 7) is 1.81. The molecule has 0 saturated heterocycles. The number of nitrogens with zero attached hydrogens (tertiary/aromatic N) is 1. The lowest BCUT2D eigenvalue weighted by Crippen LogP contribution is -2.14. The van der Waals surface area contributed by atoms with Gasteiger partial charge < -0.3 is 14.8 Å². The van der Waals surface area contributed by atoms with Crippen molar-refractivity contribution >= 4 is 49.9 Å². The Labute approximate surface area is 171 Å². The zero-order chi connectivity index (χ0) is 20.5.